The molecule has 1 aromatic rings. The van der Waals surface area contributed by atoms with Crippen molar-refractivity contribution in [1.29, 1.82) is 5.26 Å². The molecule has 1 atom stereocenters. The third-order valence-corrected chi connectivity index (χ3v) is 3.54. The molecular formula is C13H12F3NOS. The Hall–Kier alpha value is -1.48. The highest BCUT2D eigenvalue weighted by molar-refractivity contribution is 8.00. The average Bonchev–Trinajstić information content (AvgIpc) is 2.34. The van der Waals surface area contributed by atoms with Crippen LogP contribution in [0.3, 0.4) is 0 Å². The second-order valence-electron chi connectivity index (χ2n) is 3.98. The van der Waals surface area contributed by atoms with Gasteiger partial charge in [-0.15, -0.1) is 0 Å². The minimum absolute atomic E-state index is 0.160. The smallest absolute Gasteiger partial charge is 0.298 e. The first-order valence-corrected chi connectivity index (χ1v) is 6.49. The highest BCUT2D eigenvalue weighted by Gasteiger charge is 2.39. The number of thioether (sulfide) groups is 1. The lowest BCUT2D eigenvalue weighted by molar-refractivity contribution is -0.120. The first kappa shape index (κ1) is 15.6. The Morgan fingerprint density at radius 2 is 1.89 bits per heavy atom. The van der Waals surface area contributed by atoms with Gasteiger partial charge in [0.15, 0.2) is 5.78 Å². The lowest BCUT2D eigenvalue weighted by Crippen LogP contribution is -2.33. The minimum Gasteiger partial charge on any atom is -0.298 e. The molecule has 2 nitrogen and oxygen atoms in total. The zero-order chi connectivity index (χ0) is 14.5. The second kappa shape index (κ2) is 6.11. The number of benzene rings is 1. The highest BCUT2D eigenvalue weighted by atomic mass is 32.2. The van der Waals surface area contributed by atoms with E-state index in [0.717, 1.165) is 0 Å². The first-order chi connectivity index (χ1) is 8.82. The van der Waals surface area contributed by atoms with E-state index in [2.05, 4.69) is 0 Å². The summed E-state index contributed by atoms with van der Waals surface area (Å²) >= 11 is -0.215. The van der Waals surface area contributed by atoms with Gasteiger partial charge in [0.05, 0.1) is 6.07 Å². The van der Waals surface area contributed by atoms with Gasteiger partial charge in [0, 0.05) is 5.75 Å². The van der Waals surface area contributed by atoms with E-state index in [9.17, 15) is 23.2 Å². The van der Waals surface area contributed by atoms with Crippen molar-refractivity contribution >= 4 is 17.5 Å². The normalized spacial score (nSPS) is 14.5. The molecule has 6 heteroatoms. The molecule has 0 radical (unpaired) electrons. The topological polar surface area (TPSA) is 40.9 Å². The van der Waals surface area contributed by atoms with Gasteiger partial charge in [-0.25, -0.2) is 0 Å². The molecule has 0 saturated heterocycles. The van der Waals surface area contributed by atoms with Crippen molar-refractivity contribution in [3.63, 3.8) is 0 Å². The van der Waals surface area contributed by atoms with Crippen molar-refractivity contribution in [2.24, 2.45) is 0 Å². The summed E-state index contributed by atoms with van der Waals surface area (Å²) in [6.45, 7) is 1.23. The largest absolute Gasteiger partial charge is 0.441 e. The number of halogens is 3. The molecule has 1 unspecified atom stereocenters. The maximum atomic E-state index is 12.1. The van der Waals surface area contributed by atoms with Crippen molar-refractivity contribution in [2.45, 2.75) is 24.3 Å². The summed E-state index contributed by atoms with van der Waals surface area (Å²) in [5, 5.41) is 9.27. The predicted octanol–water partition coefficient (Wildman–Crippen LogP) is 3.68. The number of rotatable bonds is 5. The van der Waals surface area contributed by atoms with E-state index in [1.165, 1.54) is 6.92 Å². The van der Waals surface area contributed by atoms with E-state index in [1.54, 1.807) is 30.3 Å². The van der Waals surface area contributed by atoms with Crippen LogP contribution in [-0.2, 0) is 10.2 Å². The van der Waals surface area contributed by atoms with Crippen molar-refractivity contribution in [1.82, 2.24) is 0 Å². The molecule has 0 aliphatic rings. The van der Waals surface area contributed by atoms with E-state index in [1.807, 2.05) is 6.07 Å². The van der Waals surface area contributed by atoms with Crippen LogP contribution in [0.2, 0.25) is 0 Å². The van der Waals surface area contributed by atoms with Gasteiger partial charge in [0.2, 0.25) is 0 Å². The van der Waals surface area contributed by atoms with Gasteiger partial charge in [-0.3, -0.25) is 4.79 Å². The molecular weight excluding hydrogens is 275 g/mol. The summed E-state index contributed by atoms with van der Waals surface area (Å²) in [7, 11) is 0. The zero-order valence-electron chi connectivity index (χ0n) is 10.2. The van der Waals surface area contributed by atoms with Crippen LogP contribution in [0.25, 0.3) is 0 Å². The Labute approximate surface area is 113 Å². The Kier molecular flexibility index (Phi) is 5.01. The Balaban J connectivity index is 2.96. The molecule has 1 rings (SSSR count). The van der Waals surface area contributed by atoms with E-state index in [4.69, 9.17) is 0 Å². The maximum absolute atomic E-state index is 12.1. The molecule has 19 heavy (non-hydrogen) atoms. The minimum atomic E-state index is -4.35. The number of hydrogen-bond donors (Lipinski definition) is 0. The molecule has 0 heterocycles. The van der Waals surface area contributed by atoms with Crippen molar-refractivity contribution in [3.8, 4) is 6.07 Å². The van der Waals surface area contributed by atoms with E-state index >= 15 is 0 Å². The summed E-state index contributed by atoms with van der Waals surface area (Å²) in [6, 6.07) is 10.1. The summed E-state index contributed by atoms with van der Waals surface area (Å²) in [4.78, 5) is 11.7. The number of carbonyl (C=O) groups excluding carboxylic acids is 1. The summed E-state index contributed by atoms with van der Waals surface area (Å²) in [5.41, 5.74) is -5.42. The molecule has 0 saturated carbocycles. The fourth-order valence-corrected chi connectivity index (χ4v) is 2.41. The van der Waals surface area contributed by atoms with Crippen molar-refractivity contribution in [3.05, 3.63) is 35.9 Å². The third-order valence-electron chi connectivity index (χ3n) is 2.80. The van der Waals surface area contributed by atoms with Gasteiger partial charge in [-0.05, 0) is 18.9 Å². The molecule has 0 aliphatic heterocycles. The van der Waals surface area contributed by atoms with Crippen LogP contribution in [0.5, 0.6) is 0 Å². The molecule has 0 aromatic heterocycles. The van der Waals surface area contributed by atoms with Gasteiger partial charge in [-0.2, -0.15) is 18.4 Å². The molecule has 0 N–H and O–H groups in total. The van der Waals surface area contributed by atoms with Crippen LogP contribution in [0, 0.1) is 11.3 Å². The van der Waals surface area contributed by atoms with Gasteiger partial charge in [-0.1, -0.05) is 42.1 Å². The maximum Gasteiger partial charge on any atom is 0.441 e. The molecule has 102 valence electrons. The highest BCUT2D eigenvalue weighted by Crippen LogP contribution is 2.35. The second-order valence-corrected chi connectivity index (χ2v) is 5.14. The van der Waals surface area contributed by atoms with Crippen molar-refractivity contribution < 1.29 is 18.0 Å². The number of Topliss-reactive ketones (excluding diaryl/α,β-unsaturated/α-hetero) is 1. The van der Waals surface area contributed by atoms with Gasteiger partial charge < -0.3 is 0 Å². The summed E-state index contributed by atoms with van der Waals surface area (Å²) in [5.74, 6) is -0.769. The van der Waals surface area contributed by atoms with Gasteiger partial charge in [0.25, 0.3) is 0 Å². The van der Waals surface area contributed by atoms with Crippen LogP contribution in [0.4, 0.5) is 13.2 Å². The number of ketones is 1. The zero-order valence-corrected chi connectivity index (χ0v) is 11.0. The van der Waals surface area contributed by atoms with Crippen molar-refractivity contribution in [2.75, 3.05) is 5.75 Å². The average molecular weight is 287 g/mol. The Morgan fingerprint density at radius 3 is 2.32 bits per heavy atom. The third kappa shape index (κ3) is 4.00. The standard InChI is InChI=1S/C13H12F3NOS/c1-10(18)12(9-17,7-8-19-13(14,15)16)11-5-3-2-4-6-11/h2-6H,7-8H2,1H3. The monoisotopic (exact) mass is 287 g/mol. The van der Waals surface area contributed by atoms with E-state index in [-0.39, 0.29) is 23.9 Å². The van der Waals surface area contributed by atoms with Gasteiger partial charge in [0.1, 0.15) is 5.41 Å². The van der Waals surface area contributed by atoms with E-state index in [0.29, 0.717) is 5.56 Å². The van der Waals surface area contributed by atoms with Crippen LogP contribution in [0.1, 0.15) is 18.9 Å². The van der Waals surface area contributed by atoms with Crippen LogP contribution < -0.4 is 0 Å². The number of hydrogen-bond acceptors (Lipinski definition) is 3. The molecule has 0 aliphatic carbocycles. The van der Waals surface area contributed by atoms with Crippen LogP contribution in [-0.4, -0.2) is 17.0 Å². The molecule has 0 amide bonds. The number of nitriles is 1. The molecule has 0 bridgehead atoms. The fourth-order valence-electron chi connectivity index (χ4n) is 1.77. The first-order valence-electron chi connectivity index (χ1n) is 5.50. The van der Waals surface area contributed by atoms with Gasteiger partial charge >= 0.3 is 5.51 Å². The lowest BCUT2D eigenvalue weighted by Gasteiger charge is -2.24. The lowest BCUT2D eigenvalue weighted by atomic mass is 9.76. The summed E-state index contributed by atoms with van der Waals surface area (Å²) in [6.07, 6.45) is -0.160. The molecule has 0 fully saturated rings. The fraction of sp³-hybridized carbons (Fsp3) is 0.385. The Bertz CT molecular complexity index is 481. The number of alkyl halides is 3. The quantitative estimate of drug-likeness (QED) is 0.829. The summed E-state index contributed by atoms with van der Waals surface area (Å²) < 4.78 is 36.4. The van der Waals surface area contributed by atoms with Crippen LogP contribution in [0.15, 0.2) is 30.3 Å². The molecule has 0 spiro atoms. The SMILES string of the molecule is CC(=O)C(C#N)(CCSC(F)(F)F)c1ccccc1. The van der Waals surface area contributed by atoms with E-state index < -0.39 is 16.7 Å². The van der Waals surface area contributed by atoms with Crippen LogP contribution >= 0.6 is 11.8 Å². The predicted molar refractivity (Wildman–Crippen MR) is 67.5 cm³/mol. The number of nitrogens with zero attached hydrogens (tertiary/aromatic N) is 1. The Morgan fingerprint density at radius 1 is 1.32 bits per heavy atom. The molecule has 1 aromatic carbocycles. The number of carbonyl (C=O) groups is 1.